The first kappa shape index (κ1) is 23.6. The van der Waals surface area contributed by atoms with Crippen LogP contribution in [0.25, 0.3) is 11.1 Å². The van der Waals surface area contributed by atoms with Gasteiger partial charge in [-0.05, 0) is 59.9 Å². The Kier molecular flexibility index (Phi) is 7.29. The van der Waals surface area contributed by atoms with E-state index in [1.165, 1.54) is 5.56 Å². The summed E-state index contributed by atoms with van der Waals surface area (Å²) in [7, 11) is -1.79. The van der Waals surface area contributed by atoms with Crippen molar-refractivity contribution in [3.63, 3.8) is 0 Å². The summed E-state index contributed by atoms with van der Waals surface area (Å²) >= 11 is 0. The van der Waals surface area contributed by atoms with Crippen molar-refractivity contribution in [2.45, 2.75) is 45.8 Å². The first-order valence-corrected chi connectivity index (χ1v) is 14.0. The molecule has 0 bridgehead atoms. The summed E-state index contributed by atoms with van der Waals surface area (Å²) in [6, 6.07) is 10.1. The SMILES string of the molecule is Cc1ccc(N)cc1-c1cc(OCCO[Si](C)(C)C(C)(C)C)nc(N2CCOCC2)c1. The monoisotopic (exact) mass is 443 g/mol. The Hall–Kier alpha value is -2.09. The number of rotatable bonds is 7. The van der Waals surface area contributed by atoms with Crippen molar-refractivity contribution in [1.29, 1.82) is 0 Å². The molecule has 3 rings (SSSR count). The third-order valence-corrected chi connectivity index (χ3v) is 10.8. The lowest BCUT2D eigenvalue weighted by Gasteiger charge is -2.36. The fraction of sp³-hybridized carbons (Fsp3) is 0.542. The van der Waals surface area contributed by atoms with E-state index >= 15 is 0 Å². The molecule has 170 valence electrons. The van der Waals surface area contributed by atoms with Crippen LogP contribution in [0, 0.1) is 6.92 Å². The molecule has 31 heavy (non-hydrogen) atoms. The number of aromatic nitrogens is 1. The number of pyridine rings is 1. The van der Waals surface area contributed by atoms with E-state index in [1.54, 1.807) is 0 Å². The molecule has 2 aromatic rings. The Morgan fingerprint density at radius 3 is 2.48 bits per heavy atom. The summed E-state index contributed by atoms with van der Waals surface area (Å²) in [5, 5.41) is 0.180. The second-order valence-electron chi connectivity index (χ2n) is 9.68. The van der Waals surface area contributed by atoms with Crippen molar-refractivity contribution < 1.29 is 13.9 Å². The fourth-order valence-corrected chi connectivity index (χ4v) is 4.31. The number of hydrogen-bond donors (Lipinski definition) is 1. The van der Waals surface area contributed by atoms with Crippen molar-refractivity contribution in [3.8, 4) is 17.0 Å². The highest BCUT2D eigenvalue weighted by atomic mass is 28.4. The van der Waals surface area contributed by atoms with Crippen molar-refractivity contribution >= 4 is 19.8 Å². The Morgan fingerprint density at radius 2 is 1.81 bits per heavy atom. The van der Waals surface area contributed by atoms with Crippen molar-refractivity contribution in [1.82, 2.24) is 4.98 Å². The van der Waals surface area contributed by atoms with Gasteiger partial charge >= 0.3 is 0 Å². The Labute approximate surface area is 187 Å². The van der Waals surface area contributed by atoms with Crippen LogP contribution in [-0.4, -0.2) is 52.8 Å². The maximum absolute atomic E-state index is 6.25. The molecule has 1 fully saturated rings. The number of nitrogen functional groups attached to an aromatic ring is 1. The minimum atomic E-state index is -1.79. The Balaban J connectivity index is 1.81. The van der Waals surface area contributed by atoms with Crippen LogP contribution in [0.2, 0.25) is 18.1 Å². The molecule has 2 heterocycles. The Bertz CT molecular complexity index is 890. The van der Waals surface area contributed by atoms with Crippen LogP contribution in [0.3, 0.4) is 0 Å². The lowest BCUT2D eigenvalue weighted by molar-refractivity contribution is 0.122. The van der Waals surface area contributed by atoms with Gasteiger partial charge in [0.05, 0.1) is 19.8 Å². The van der Waals surface area contributed by atoms with Gasteiger partial charge in [0.15, 0.2) is 8.32 Å². The zero-order valence-electron chi connectivity index (χ0n) is 19.8. The van der Waals surface area contributed by atoms with Crippen LogP contribution in [0.15, 0.2) is 30.3 Å². The zero-order chi connectivity index (χ0) is 22.6. The standard InChI is InChI=1S/C24H37N3O3Si/c1-18-7-8-20(25)17-21(18)19-15-22(27-9-11-28-12-10-27)26-23(16-19)29-13-14-30-31(5,6)24(2,3)4/h7-8,15-17H,9-14,25H2,1-6H3. The predicted molar refractivity (Wildman–Crippen MR) is 130 cm³/mol. The molecule has 0 radical (unpaired) electrons. The summed E-state index contributed by atoms with van der Waals surface area (Å²) in [5.41, 5.74) is 10.1. The molecule has 1 aromatic carbocycles. The third-order valence-electron chi connectivity index (χ3n) is 6.30. The maximum Gasteiger partial charge on any atom is 0.215 e. The van der Waals surface area contributed by atoms with E-state index in [4.69, 9.17) is 24.6 Å². The van der Waals surface area contributed by atoms with Gasteiger partial charge in [-0.25, -0.2) is 0 Å². The highest BCUT2D eigenvalue weighted by molar-refractivity contribution is 6.74. The van der Waals surface area contributed by atoms with E-state index in [0.29, 0.717) is 32.3 Å². The summed E-state index contributed by atoms with van der Waals surface area (Å²) in [6.45, 7) is 17.4. The highest BCUT2D eigenvalue weighted by Crippen LogP contribution is 2.36. The van der Waals surface area contributed by atoms with E-state index < -0.39 is 8.32 Å². The largest absolute Gasteiger partial charge is 0.475 e. The van der Waals surface area contributed by atoms with Gasteiger partial charge in [0, 0.05) is 24.8 Å². The summed E-state index contributed by atoms with van der Waals surface area (Å²) in [5.74, 6) is 1.52. The number of nitrogens with two attached hydrogens (primary N) is 1. The number of hydrogen-bond acceptors (Lipinski definition) is 6. The van der Waals surface area contributed by atoms with Crippen molar-refractivity contribution in [2.24, 2.45) is 0 Å². The molecule has 6 nitrogen and oxygen atoms in total. The molecule has 1 aliphatic rings. The number of morpholine rings is 1. The summed E-state index contributed by atoms with van der Waals surface area (Å²) in [6.07, 6.45) is 0. The van der Waals surface area contributed by atoms with Gasteiger partial charge in [0.25, 0.3) is 0 Å². The minimum absolute atomic E-state index is 0.180. The first-order valence-electron chi connectivity index (χ1n) is 11.0. The molecule has 0 amide bonds. The number of aryl methyl sites for hydroxylation is 1. The third kappa shape index (κ3) is 5.99. The molecule has 0 spiro atoms. The quantitative estimate of drug-likeness (QED) is 0.374. The maximum atomic E-state index is 6.25. The number of anilines is 2. The lowest BCUT2D eigenvalue weighted by Crippen LogP contribution is -2.41. The lowest BCUT2D eigenvalue weighted by atomic mass is 10.0. The molecule has 2 N–H and O–H groups in total. The van der Waals surface area contributed by atoms with E-state index in [1.807, 2.05) is 24.3 Å². The van der Waals surface area contributed by atoms with Gasteiger partial charge in [-0.15, -0.1) is 0 Å². The molecule has 0 saturated carbocycles. The van der Waals surface area contributed by atoms with Crippen molar-refractivity contribution in [3.05, 3.63) is 35.9 Å². The number of benzene rings is 1. The molecule has 1 aliphatic heterocycles. The van der Waals surface area contributed by atoms with Crippen LogP contribution >= 0.6 is 0 Å². The average Bonchev–Trinajstić information content (AvgIpc) is 2.72. The summed E-state index contributed by atoms with van der Waals surface area (Å²) in [4.78, 5) is 7.03. The smallest absolute Gasteiger partial charge is 0.215 e. The first-order chi connectivity index (χ1) is 14.6. The molecule has 0 unspecified atom stereocenters. The average molecular weight is 444 g/mol. The normalized spacial score (nSPS) is 15.2. The van der Waals surface area contributed by atoms with Crippen LogP contribution in [0.5, 0.6) is 5.88 Å². The van der Waals surface area contributed by atoms with Crippen LogP contribution in [0.1, 0.15) is 26.3 Å². The minimum Gasteiger partial charge on any atom is -0.475 e. The summed E-state index contributed by atoms with van der Waals surface area (Å²) < 4.78 is 17.8. The molecule has 1 saturated heterocycles. The van der Waals surface area contributed by atoms with Gasteiger partial charge in [0.2, 0.25) is 5.88 Å². The van der Waals surface area contributed by atoms with Gasteiger partial charge in [-0.1, -0.05) is 26.8 Å². The van der Waals surface area contributed by atoms with Gasteiger partial charge in [0.1, 0.15) is 12.4 Å². The molecule has 1 aromatic heterocycles. The molecule has 7 heteroatoms. The van der Waals surface area contributed by atoms with Crippen LogP contribution in [0.4, 0.5) is 11.5 Å². The van der Waals surface area contributed by atoms with E-state index in [-0.39, 0.29) is 5.04 Å². The van der Waals surface area contributed by atoms with Crippen molar-refractivity contribution in [2.75, 3.05) is 50.2 Å². The van der Waals surface area contributed by atoms with E-state index in [2.05, 4.69) is 51.8 Å². The van der Waals surface area contributed by atoms with Gasteiger partial charge in [-0.2, -0.15) is 4.98 Å². The second kappa shape index (κ2) is 9.59. The zero-order valence-corrected chi connectivity index (χ0v) is 20.8. The van der Waals surface area contributed by atoms with Gasteiger partial charge < -0.3 is 24.5 Å². The highest BCUT2D eigenvalue weighted by Gasteiger charge is 2.36. The Morgan fingerprint density at radius 1 is 1.10 bits per heavy atom. The van der Waals surface area contributed by atoms with E-state index in [9.17, 15) is 0 Å². The number of ether oxygens (including phenoxy) is 2. The second-order valence-corrected chi connectivity index (χ2v) is 14.5. The van der Waals surface area contributed by atoms with Gasteiger partial charge in [-0.3, -0.25) is 0 Å². The fourth-order valence-electron chi connectivity index (χ4n) is 3.29. The van der Waals surface area contributed by atoms with Crippen LogP contribution in [-0.2, 0) is 9.16 Å². The molecular formula is C24H37N3O3Si. The predicted octanol–water partition coefficient (Wildman–Crippen LogP) is 4.88. The molecule has 0 atom stereocenters. The topological polar surface area (TPSA) is 69.8 Å². The number of nitrogens with zero attached hydrogens (tertiary/aromatic N) is 2. The molecule has 0 aliphatic carbocycles. The van der Waals surface area contributed by atoms with E-state index in [0.717, 1.165) is 35.7 Å². The van der Waals surface area contributed by atoms with Crippen LogP contribution < -0.4 is 15.4 Å². The molecular weight excluding hydrogens is 406 g/mol.